The molecular formula is C14H23N5O. The molecule has 1 fully saturated rings. The smallest absolute Gasteiger partial charge is 0.202 e. The van der Waals surface area contributed by atoms with Gasteiger partial charge < -0.3 is 10.5 Å². The largest absolute Gasteiger partial charge is 0.385 e. The number of hydrogen-bond acceptors (Lipinski definition) is 4. The molecule has 6 nitrogen and oxygen atoms in total. The zero-order valence-electron chi connectivity index (χ0n) is 12.5. The average molecular weight is 277 g/mol. The third-order valence-electron chi connectivity index (χ3n) is 4.44. The van der Waals surface area contributed by atoms with Crippen LogP contribution >= 0.6 is 0 Å². The van der Waals surface area contributed by atoms with Crippen molar-refractivity contribution >= 4 is 17.1 Å². The molecule has 0 unspecified atom stereocenters. The van der Waals surface area contributed by atoms with Crippen molar-refractivity contribution in [2.45, 2.75) is 39.2 Å². The molecule has 2 aromatic heterocycles. The molecule has 0 bridgehead atoms. The number of anilines is 1. The number of ether oxygens (including phenoxy) is 1. The summed E-state index contributed by atoms with van der Waals surface area (Å²) in [4.78, 5) is 4.52. The monoisotopic (exact) mass is 277 g/mol. The Hall–Kier alpha value is -1.56. The van der Waals surface area contributed by atoms with E-state index in [0.717, 1.165) is 42.9 Å². The Labute approximate surface area is 118 Å². The van der Waals surface area contributed by atoms with Gasteiger partial charge in [0.05, 0.1) is 5.69 Å². The van der Waals surface area contributed by atoms with E-state index in [9.17, 15) is 0 Å². The Kier molecular flexibility index (Phi) is 3.20. The maximum absolute atomic E-state index is 6.13. The summed E-state index contributed by atoms with van der Waals surface area (Å²) in [6.45, 7) is 3.82. The van der Waals surface area contributed by atoms with Gasteiger partial charge in [0.2, 0.25) is 5.95 Å². The van der Waals surface area contributed by atoms with E-state index in [0.29, 0.717) is 11.4 Å². The molecular weight excluding hydrogens is 254 g/mol. The van der Waals surface area contributed by atoms with Gasteiger partial charge in [-0.05, 0) is 31.1 Å². The molecule has 2 N–H and O–H groups in total. The number of imidazole rings is 1. The van der Waals surface area contributed by atoms with Crippen molar-refractivity contribution in [1.29, 1.82) is 0 Å². The van der Waals surface area contributed by atoms with Gasteiger partial charge in [0.15, 0.2) is 5.65 Å². The molecule has 1 aliphatic carbocycles. The lowest BCUT2D eigenvalue weighted by atomic mass is 10.0. The third kappa shape index (κ3) is 2.08. The molecule has 0 atom stereocenters. The highest BCUT2D eigenvalue weighted by Crippen LogP contribution is 2.50. The van der Waals surface area contributed by atoms with E-state index in [1.54, 1.807) is 7.11 Å². The topological polar surface area (TPSA) is 70.9 Å². The minimum absolute atomic E-state index is 0.342. The van der Waals surface area contributed by atoms with Crippen molar-refractivity contribution < 1.29 is 4.74 Å². The molecule has 0 radical (unpaired) electrons. The second-order valence-corrected chi connectivity index (χ2v) is 5.90. The van der Waals surface area contributed by atoms with Crippen molar-refractivity contribution in [3.8, 4) is 0 Å². The van der Waals surface area contributed by atoms with Crippen LogP contribution in [0.4, 0.5) is 5.95 Å². The van der Waals surface area contributed by atoms with E-state index in [1.807, 2.05) is 11.7 Å². The first kappa shape index (κ1) is 13.4. The summed E-state index contributed by atoms with van der Waals surface area (Å²) in [5, 5.41) is 4.54. The summed E-state index contributed by atoms with van der Waals surface area (Å²) in [6, 6.07) is 0. The zero-order valence-corrected chi connectivity index (χ0v) is 12.5. The minimum Gasteiger partial charge on any atom is -0.385 e. The van der Waals surface area contributed by atoms with Crippen LogP contribution in [0.1, 0.15) is 31.9 Å². The standard InChI is InChI=1S/C14H23N5O/c1-4-10-11-12(18(2)17-10)19(13(15)16-11)9-14(5-6-14)7-8-20-3/h4-9H2,1-3H3,(H2,15,16). The lowest BCUT2D eigenvalue weighted by molar-refractivity contribution is 0.167. The van der Waals surface area contributed by atoms with Gasteiger partial charge in [-0.2, -0.15) is 5.10 Å². The molecule has 6 heteroatoms. The van der Waals surface area contributed by atoms with Gasteiger partial charge >= 0.3 is 0 Å². The molecule has 0 aromatic carbocycles. The van der Waals surface area contributed by atoms with Gasteiger partial charge in [0.1, 0.15) is 5.52 Å². The number of hydrogen-bond donors (Lipinski definition) is 1. The molecule has 2 aromatic rings. The maximum atomic E-state index is 6.13. The fraction of sp³-hybridized carbons (Fsp3) is 0.714. The van der Waals surface area contributed by atoms with Crippen molar-refractivity contribution in [3.63, 3.8) is 0 Å². The summed E-state index contributed by atoms with van der Waals surface area (Å²) in [6.07, 6.45) is 4.45. The number of aryl methyl sites for hydroxylation is 2. The van der Waals surface area contributed by atoms with Gasteiger partial charge in [0.25, 0.3) is 0 Å². The summed E-state index contributed by atoms with van der Waals surface area (Å²) in [5.41, 5.74) is 9.50. The van der Waals surface area contributed by atoms with E-state index in [1.165, 1.54) is 12.8 Å². The van der Waals surface area contributed by atoms with E-state index in [4.69, 9.17) is 10.5 Å². The second-order valence-electron chi connectivity index (χ2n) is 5.90. The van der Waals surface area contributed by atoms with Crippen LogP contribution < -0.4 is 5.73 Å². The van der Waals surface area contributed by atoms with E-state index >= 15 is 0 Å². The lowest BCUT2D eigenvalue weighted by Gasteiger charge is -2.16. The van der Waals surface area contributed by atoms with E-state index in [-0.39, 0.29) is 0 Å². The molecule has 1 aliphatic rings. The van der Waals surface area contributed by atoms with Crippen LogP contribution in [0.25, 0.3) is 11.2 Å². The maximum Gasteiger partial charge on any atom is 0.202 e. The first-order valence-electron chi connectivity index (χ1n) is 7.27. The molecule has 20 heavy (non-hydrogen) atoms. The quantitative estimate of drug-likeness (QED) is 0.873. The fourth-order valence-corrected chi connectivity index (χ4v) is 2.97. The number of nitrogens with zero attached hydrogens (tertiary/aromatic N) is 4. The summed E-state index contributed by atoms with van der Waals surface area (Å²) in [5.74, 6) is 0.603. The minimum atomic E-state index is 0.342. The molecule has 0 spiro atoms. The Bertz CT molecular complexity index is 623. The average Bonchev–Trinajstić information content (AvgIpc) is 3.03. The molecule has 0 saturated heterocycles. The van der Waals surface area contributed by atoms with Crippen molar-refractivity contribution in [2.24, 2.45) is 12.5 Å². The van der Waals surface area contributed by atoms with Crippen LogP contribution in [0, 0.1) is 5.41 Å². The first-order chi connectivity index (χ1) is 9.60. The number of aromatic nitrogens is 4. The zero-order chi connectivity index (χ0) is 14.3. The number of nitrogens with two attached hydrogens (primary N) is 1. The van der Waals surface area contributed by atoms with Crippen molar-refractivity contribution in [2.75, 3.05) is 19.5 Å². The second kappa shape index (κ2) is 4.77. The SMILES string of the molecule is CCc1nn(C)c2c1nc(N)n2CC1(CCOC)CC1. The van der Waals surface area contributed by atoms with Gasteiger partial charge in [-0.3, -0.25) is 9.25 Å². The normalized spacial score (nSPS) is 16.9. The molecule has 0 amide bonds. The highest BCUT2D eigenvalue weighted by Gasteiger charge is 2.43. The van der Waals surface area contributed by atoms with Crippen molar-refractivity contribution in [3.05, 3.63) is 5.69 Å². The Morgan fingerprint density at radius 2 is 2.15 bits per heavy atom. The third-order valence-corrected chi connectivity index (χ3v) is 4.44. The lowest BCUT2D eigenvalue weighted by Crippen LogP contribution is -2.17. The number of methoxy groups -OCH3 is 1. The molecule has 110 valence electrons. The molecule has 2 heterocycles. The van der Waals surface area contributed by atoms with Crippen molar-refractivity contribution in [1.82, 2.24) is 19.3 Å². The predicted molar refractivity (Wildman–Crippen MR) is 78.4 cm³/mol. The van der Waals surface area contributed by atoms with Gasteiger partial charge in [0, 0.05) is 27.3 Å². The van der Waals surface area contributed by atoms with E-state index < -0.39 is 0 Å². The number of rotatable bonds is 6. The highest BCUT2D eigenvalue weighted by molar-refractivity contribution is 5.77. The summed E-state index contributed by atoms with van der Waals surface area (Å²) in [7, 11) is 3.72. The molecule has 3 rings (SSSR count). The molecule has 0 aliphatic heterocycles. The van der Waals surface area contributed by atoms with Gasteiger partial charge in [-0.25, -0.2) is 4.98 Å². The van der Waals surface area contributed by atoms with Crippen LogP contribution in [0.3, 0.4) is 0 Å². The van der Waals surface area contributed by atoms with Gasteiger partial charge in [-0.1, -0.05) is 6.92 Å². The number of nitrogen functional groups attached to an aromatic ring is 1. The van der Waals surface area contributed by atoms with E-state index in [2.05, 4.69) is 21.6 Å². The first-order valence-corrected chi connectivity index (χ1v) is 7.27. The Morgan fingerprint density at radius 1 is 1.40 bits per heavy atom. The Balaban J connectivity index is 1.95. The summed E-state index contributed by atoms with van der Waals surface area (Å²) >= 11 is 0. The van der Waals surface area contributed by atoms with Gasteiger partial charge in [-0.15, -0.1) is 0 Å². The van der Waals surface area contributed by atoms with Crippen LogP contribution in [-0.2, 0) is 24.8 Å². The van der Waals surface area contributed by atoms with Crippen LogP contribution in [0.2, 0.25) is 0 Å². The Morgan fingerprint density at radius 3 is 2.75 bits per heavy atom. The predicted octanol–water partition coefficient (Wildman–Crippen LogP) is 1.73. The fourth-order valence-electron chi connectivity index (χ4n) is 2.97. The van der Waals surface area contributed by atoms with Crippen LogP contribution in [0.5, 0.6) is 0 Å². The van der Waals surface area contributed by atoms with Crippen LogP contribution in [0.15, 0.2) is 0 Å². The molecule has 1 saturated carbocycles. The number of fused-ring (bicyclic) bond motifs is 1. The van der Waals surface area contributed by atoms with Crippen LogP contribution in [-0.4, -0.2) is 33.0 Å². The highest BCUT2D eigenvalue weighted by atomic mass is 16.5. The summed E-state index contributed by atoms with van der Waals surface area (Å²) < 4.78 is 9.26.